The highest BCUT2D eigenvalue weighted by Crippen LogP contribution is 2.37. The van der Waals surface area contributed by atoms with Gasteiger partial charge in [-0.15, -0.1) is 0 Å². The molecule has 1 fully saturated rings. The number of pyridine rings is 1. The second-order valence-electron chi connectivity index (χ2n) is 12.0. The predicted molar refractivity (Wildman–Crippen MR) is 155 cm³/mol. The van der Waals surface area contributed by atoms with E-state index in [1.165, 1.54) is 11.2 Å². The van der Waals surface area contributed by atoms with Crippen LogP contribution < -0.4 is 5.69 Å². The van der Waals surface area contributed by atoms with E-state index in [9.17, 15) is 4.79 Å². The summed E-state index contributed by atoms with van der Waals surface area (Å²) in [6.07, 6.45) is 8.60. The lowest BCUT2D eigenvalue weighted by atomic mass is 10.2. The van der Waals surface area contributed by atoms with Crippen LogP contribution in [0.4, 0.5) is 0 Å². The molecule has 0 unspecified atom stereocenters. The Labute approximate surface area is 225 Å². The van der Waals surface area contributed by atoms with Gasteiger partial charge in [-0.25, -0.2) is 4.79 Å². The minimum Gasteiger partial charge on any atom is -0.417 e. The summed E-state index contributed by atoms with van der Waals surface area (Å²) in [6, 6.07) is 10.6. The number of nitrogens with zero attached hydrogens (tertiary/aromatic N) is 4. The van der Waals surface area contributed by atoms with Crippen LogP contribution in [-0.2, 0) is 23.9 Å². The molecular formula is C29H39ClN4O2Si. The molecule has 37 heavy (non-hydrogen) atoms. The first kappa shape index (κ1) is 26.3. The summed E-state index contributed by atoms with van der Waals surface area (Å²) < 4.78 is 12.7. The molecule has 0 atom stereocenters. The smallest absolute Gasteiger partial charge is 0.329 e. The molecule has 1 aromatic carbocycles. The zero-order valence-electron chi connectivity index (χ0n) is 22.8. The van der Waals surface area contributed by atoms with Gasteiger partial charge in [0.1, 0.15) is 0 Å². The van der Waals surface area contributed by atoms with E-state index in [2.05, 4.69) is 55.5 Å². The molecule has 0 bridgehead atoms. The Bertz CT molecular complexity index is 1470. The van der Waals surface area contributed by atoms with Crippen molar-refractivity contribution in [1.29, 1.82) is 0 Å². The lowest BCUT2D eigenvalue weighted by Crippen LogP contribution is -2.40. The van der Waals surface area contributed by atoms with Crippen LogP contribution in [0.1, 0.15) is 58.2 Å². The molecule has 0 amide bonds. The molecule has 5 rings (SSSR count). The summed E-state index contributed by atoms with van der Waals surface area (Å²) in [5, 5.41) is 2.12. The zero-order chi connectivity index (χ0) is 26.4. The molecule has 0 aliphatic heterocycles. The number of aromatic nitrogens is 4. The molecule has 0 radical (unpaired) electrons. The van der Waals surface area contributed by atoms with Gasteiger partial charge in [-0.1, -0.05) is 32.4 Å². The van der Waals surface area contributed by atoms with Crippen LogP contribution >= 0.6 is 11.6 Å². The Kier molecular flexibility index (Phi) is 7.15. The van der Waals surface area contributed by atoms with Crippen molar-refractivity contribution in [2.45, 2.75) is 90.1 Å². The fourth-order valence-electron chi connectivity index (χ4n) is 4.94. The van der Waals surface area contributed by atoms with Gasteiger partial charge in [0, 0.05) is 60.0 Å². The van der Waals surface area contributed by atoms with Crippen molar-refractivity contribution in [3.8, 4) is 0 Å². The van der Waals surface area contributed by atoms with E-state index < -0.39 is 8.32 Å². The molecule has 0 saturated heterocycles. The maximum atomic E-state index is 13.4. The van der Waals surface area contributed by atoms with Crippen molar-refractivity contribution in [2.75, 3.05) is 6.61 Å². The molecule has 1 saturated carbocycles. The first-order valence-corrected chi connectivity index (χ1v) is 16.8. The number of halogens is 1. The summed E-state index contributed by atoms with van der Waals surface area (Å²) in [5.41, 5.74) is 4.42. The van der Waals surface area contributed by atoms with Crippen LogP contribution in [-0.4, -0.2) is 33.6 Å². The Balaban J connectivity index is 1.34. The minimum atomic E-state index is -1.72. The largest absolute Gasteiger partial charge is 0.417 e. The number of benzene rings is 1. The fraction of sp³-hybridized carbons (Fsp3) is 0.517. The van der Waals surface area contributed by atoms with E-state index in [1.807, 2.05) is 33.5 Å². The van der Waals surface area contributed by atoms with Crippen LogP contribution in [0, 0.1) is 0 Å². The number of fused-ring (bicyclic) bond motifs is 2. The molecule has 198 valence electrons. The Morgan fingerprint density at radius 2 is 1.81 bits per heavy atom. The highest BCUT2D eigenvalue weighted by atomic mass is 35.5. The summed E-state index contributed by atoms with van der Waals surface area (Å²) in [5.74, 6) is 0. The van der Waals surface area contributed by atoms with Crippen LogP contribution in [0.15, 0.2) is 47.5 Å². The lowest BCUT2D eigenvalue weighted by Gasteiger charge is -2.36. The summed E-state index contributed by atoms with van der Waals surface area (Å²) in [7, 11) is -1.72. The molecule has 6 nitrogen and oxygen atoms in total. The van der Waals surface area contributed by atoms with Crippen molar-refractivity contribution < 1.29 is 4.43 Å². The van der Waals surface area contributed by atoms with Gasteiger partial charge in [0.05, 0.1) is 17.2 Å². The molecule has 0 N–H and O–H groups in total. The second kappa shape index (κ2) is 10.1. The van der Waals surface area contributed by atoms with Gasteiger partial charge in [-0.3, -0.25) is 14.1 Å². The number of unbranched alkanes of at least 4 members (excludes halogenated alkanes) is 1. The number of rotatable bonds is 10. The average Bonchev–Trinajstić information content (AvgIpc) is 3.55. The van der Waals surface area contributed by atoms with E-state index in [4.69, 9.17) is 16.0 Å². The molecule has 3 heterocycles. The number of hydrogen-bond acceptors (Lipinski definition) is 3. The molecule has 4 aromatic rings. The third-order valence-electron chi connectivity index (χ3n) is 8.26. The van der Waals surface area contributed by atoms with E-state index in [1.54, 1.807) is 6.20 Å². The molecule has 1 aliphatic rings. The van der Waals surface area contributed by atoms with Gasteiger partial charge >= 0.3 is 5.69 Å². The zero-order valence-corrected chi connectivity index (χ0v) is 24.5. The number of hydrogen-bond donors (Lipinski definition) is 0. The molecule has 8 heteroatoms. The number of imidazole rings is 1. The average molecular weight is 539 g/mol. The molecule has 1 aliphatic carbocycles. The van der Waals surface area contributed by atoms with Crippen LogP contribution in [0.2, 0.25) is 23.2 Å². The maximum absolute atomic E-state index is 13.4. The molecular weight excluding hydrogens is 500 g/mol. The van der Waals surface area contributed by atoms with Crippen LogP contribution in [0.5, 0.6) is 0 Å². The monoisotopic (exact) mass is 538 g/mol. The maximum Gasteiger partial charge on any atom is 0.329 e. The van der Waals surface area contributed by atoms with Crippen LogP contribution in [0.3, 0.4) is 0 Å². The molecule has 3 aromatic heterocycles. The van der Waals surface area contributed by atoms with E-state index in [0.29, 0.717) is 12.6 Å². The van der Waals surface area contributed by atoms with Gasteiger partial charge in [-0.05, 0) is 74.1 Å². The van der Waals surface area contributed by atoms with E-state index in [-0.39, 0.29) is 10.7 Å². The van der Waals surface area contributed by atoms with Crippen LogP contribution in [0.25, 0.3) is 21.9 Å². The summed E-state index contributed by atoms with van der Waals surface area (Å²) >= 11 is 6.33. The van der Waals surface area contributed by atoms with Crippen molar-refractivity contribution in [3.63, 3.8) is 0 Å². The third kappa shape index (κ3) is 5.31. The normalized spacial score (nSPS) is 14.8. The fourth-order valence-corrected chi connectivity index (χ4v) is 6.21. The highest BCUT2D eigenvalue weighted by molar-refractivity contribution is 6.74. The third-order valence-corrected chi connectivity index (χ3v) is 13.0. The van der Waals surface area contributed by atoms with Crippen molar-refractivity contribution in [2.24, 2.45) is 0 Å². The lowest BCUT2D eigenvalue weighted by molar-refractivity contribution is 0.276. The first-order valence-electron chi connectivity index (χ1n) is 13.5. The van der Waals surface area contributed by atoms with Gasteiger partial charge in [0.15, 0.2) is 8.32 Å². The van der Waals surface area contributed by atoms with E-state index >= 15 is 0 Å². The Morgan fingerprint density at radius 1 is 1.03 bits per heavy atom. The highest BCUT2D eigenvalue weighted by Gasteiger charge is 2.36. The Hall–Kier alpha value is -2.35. The van der Waals surface area contributed by atoms with Crippen molar-refractivity contribution >= 4 is 41.9 Å². The van der Waals surface area contributed by atoms with E-state index in [0.717, 1.165) is 66.7 Å². The SMILES string of the molecule is CC(C)(C)[Si](C)(C)OCCCCn1c(CCn2c(=O)n(C3CC3)c3ccncc32)cc2cc(Cl)ccc21. The summed E-state index contributed by atoms with van der Waals surface area (Å²) in [6.45, 7) is 13.8. The minimum absolute atomic E-state index is 0.0824. The van der Waals surface area contributed by atoms with Crippen molar-refractivity contribution in [3.05, 3.63) is 63.9 Å². The Morgan fingerprint density at radius 3 is 2.54 bits per heavy atom. The predicted octanol–water partition coefficient (Wildman–Crippen LogP) is 7.19. The molecule has 0 spiro atoms. The first-order chi connectivity index (χ1) is 17.6. The quantitative estimate of drug-likeness (QED) is 0.159. The standard InChI is InChI=1S/C29H39ClN4O2Si/c1-29(2,3)37(4,5)36-17-7-6-15-32-24(19-21-18-22(30)8-11-25(21)32)13-16-33-27-20-31-14-12-26(27)34(28(33)35)23-9-10-23/h8,11-12,14,18-20,23H,6-7,9-10,13,15-17H2,1-5H3. The number of aryl methyl sites for hydroxylation is 3. The summed E-state index contributed by atoms with van der Waals surface area (Å²) in [4.78, 5) is 17.7. The van der Waals surface area contributed by atoms with Gasteiger partial charge in [0.2, 0.25) is 0 Å². The van der Waals surface area contributed by atoms with Gasteiger partial charge in [-0.2, -0.15) is 0 Å². The topological polar surface area (TPSA) is 54.0 Å². The second-order valence-corrected chi connectivity index (χ2v) is 17.2. The van der Waals surface area contributed by atoms with Gasteiger partial charge < -0.3 is 8.99 Å². The van der Waals surface area contributed by atoms with Gasteiger partial charge in [0.25, 0.3) is 0 Å². The van der Waals surface area contributed by atoms with Crippen molar-refractivity contribution in [1.82, 2.24) is 18.7 Å².